The molecular formula is C15H22N2S. The minimum Gasteiger partial charge on any atom is -0.313 e. The van der Waals surface area contributed by atoms with Gasteiger partial charge in [-0.15, -0.1) is 11.8 Å². The standard InChI is InChI=1S/C15H22N2S/c1-12-10-17(8-4-7-16-12)11-14-9-13-5-2-3-6-15(13)18-14/h2-3,5-6,12,14,16H,4,7-11H2,1H3. The van der Waals surface area contributed by atoms with E-state index in [4.69, 9.17) is 0 Å². The van der Waals surface area contributed by atoms with Crippen molar-refractivity contribution in [3.63, 3.8) is 0 Å². The largest absolute Gasteiger partial charge is 0.313 e. The first kappa shape index (κ1) is 12.5. The number of rotatable bonds is 2. The average molecular weight is 262 g/mol. The van der Waals surface area contributed by atoms with E-state index in [9.17, 15) is 0 Å². The van der Waals surface area contributed by atoms with Crippen LogP contribution in [-0.2, 0) is 6.42 Å². The van der Waals surface area contributed by atoms with Gasteiger partial charge in [0.05, 0.1) is 0 Å². The molecule has 0 bridgehead atoms. The second-order valence-electron chi connectivity index (χ2n) is 5.52. The summed E-state index contributed by atoms with van der Waals surface area (Å²) in [5, 5.41) is 4.33. The molecule has 98 valence electrons. The van der Waals surface area contributed by atoms with Gasteiger partial charge in [-0.05, 0) is 44.5 Å². The highest BCUT2D eigenvalue weighted by Crippen LogP contribution is 2.37. The van der Waals surface area contributed by atoms with Crippen LogP contribution in [0.25, 0.3) is 0 Å². The van der Waals surface area contributed by atoms with Crippen LogP contribution in [-0.4, -0.2) is 42.4 Å². The van der Waals surface area contributed by atoms with E-state index in [0.29, 0.717) is 6.04 Å². The Morgan fingerprint density at radius 1 is 1.39 bits per heavy atom. The Kier molecular flexibility index (Phi) is 3.92. The van der Waals surface area contributed by atoms with Crippen LogP contribution in [0.5, 0.6) is 0 Å². The highest BCUT2D eigenvalue weighted by atomic mass is 32.2. The van der Waals surface area contributed by atoms with Gasteiger partial charge in [-0.2, -0.15) is 0 Å². The van der Waals surface area contributed by atoms with Crippen molar-refractivity contribution in [2.75, 3.05) is 26.2 Å². The molecule has 0 saturated carbocycles. The van der Waals surface area contributed by atoms with Crippen LogP contribution in [0.2, 0.25) is 0 Å². The lowest BCUT2D eigenvalue weighted by atomic mass is 10.1. The Balaban J connectivity index is 1.58. The van der Waals surface area contributed by atoms with Crippen LogP contribution >= 0.6 is 11.8 Å². The molecule has 2 aliphatic rings. The summed E-state index contributed by atoms with van der Waals surface area (Å²) in [5.41, 5.74) is 1.55. The van der Waals surface area contributed by atoms with E-state index < -0.39 is 0 Å². The maximum Gasteiger partial charge on any atom is 0.0263 e. The van der Waals surface area contributed by atoms with Crippen molar-refractivity contribution >= 4 is 11.8 Å². The third kappa shape index (κ3) is 2.90. The molecule has 0 aliphatic carbocycles. The Morgan fingerprint density at radius 2 is 2.28 bits per heavy atom. The zero-order chi connectivity index (χ0) is 12.4. The van der Waals surface area contributed by atoms with Gasteiger partial charge in [0.25, 0.3) is 0 Å². The van der Waals surface area contributed by atoms with E-state index >= 15 is 0 Å². The summed E-state index contributed by atoms with van der Waals surface area (Å²) in [6.07, 6.45) is 2.54. The van der Waals surface area contributed by atoms with Crippen molar-refractivity contribution in [1.82, 2.24) is 10.2 Å². The van der Waals surface area contributed by atoms with Crippen LogP contribution in [0.4, 0.5) is 0 Å². The first-order valence-corrected chi connectivity index (χ1v) is 7.89. The molecule has 2 aliphatic heterocycles. The van der Waals surface area contributed by atoms with Crippen molar-refractivity contribution in [1.29, 1.82) is 0 Å². The topological polar surface area (TPSA) is 15.3 Å². The van der Waals surface area contributed by atoms with Crippen LogP contribution in [0, 0.1) is 0 Å². The first-order valence-electron chi connectivity index (χ1n) is 7.01. The smallest absolute Gasteiger partial charge is 0.0263 e. The molecule has 0 aromatic heterocycles. The Bertz CT molecular complexity index is 382. The predicted octanol–water partition coefficient (Wildman–Crippen LogP) is 2.39. The summed E-state index contributed by atoms with van der Waals surface area (Å²) in [7, 11) is 0. The van der Waals surface area contributed by atoms with Gasteiger partial charge in [0.15, 0.2) is 0 Å². The van der Waals surface area contributed by atoms with Gasteiger partial charge in [0, 0.05) is 29.3 Å². The third-order valence-electron chi connectivity index (χ3n) is 3.85. The second kappa shape index (κ2) is 5.64. The monoisotopic (exact) mass is 262 g/mol. The van der Waals surface area contributed by atoms with Crippen LogP contribution in [0.3, 0.4) is 0 Å². The molecule has 3 rings (SSSR count). The molecule has 1 N–H and O–H groups in total. The van der Waals surface area contributed by atoms with E-state index in [1.165, 1.54) is 43.9 Å². The molecule has 2 atom stereocenters. The van der Waals surface area contributed by atoms with Crippen LogP contribution in [0.15, 0.2) is 29.2 Å². The molecule has 18 heavy (non-hydrogen) atoms. The van der Waals surface area contributed by atoms with Crippen molar-refractivity contribution in [2.24, 2.45) is 0 Å². The molecular weight excluding hydrogens is 240 g/mol. The summed E-state index contributed by atoms with van der Waals surface area (Å²) < 4.78 is 0. The third-order valence-corrected chi connectivity index (χ3v) is 5.15. The minimum atomic E-state index is 0.640. The first-order chi connectivity index (χ1) is 8.81. The van der Waals surface area contributed by atoms with E-state index in [1.54, 1.807) is 5.56 Å². The number of hydrogen-bond acceptors (Lipinski definition) is 3. The Labute approximate surface area is 114 Å². The molecule has 2 unspecified atom stereocenters. The Hall–Kier alpha value is -0.510. The number of thioether (sulfide) groups is 1. The molecule has 2 heterocycles. The van der Waals surface area contributed by atoms with Crippen LogP contribution < -0.4 is 5.32 Å². The lowest BCUT2D eigenvalue weighted by Gasteiger charge is -2.24. The molecule has 2 nitrogen and oxygen atoms in total. The molecule has 1 aromatic carbocycles. The van der Waals surface area contributed by atoms with E-state index in [2.05, 4.69) is 53.2 Å². The fourth-order valence-electron chi connectivity index (χ4n) is 3.00. The number of nitrogens with zero attached hydrogens (tertiary/aromatic N) is 1. The van der Waals surface area contributed by atoms with Gasteiger partial charge >= 0.3 is 0 Å². The van der Waals surface area contributed by atoms with Crippen molar-refractivity contribution in [3.05, 3.63) is 29.8 Å². The minimum absolute atomic E-state index is 0.640. The number of benzene rings is 1. The van der Waals surface area contributed by atoms with Crippen LogP contribution in [0.1, 0.15) is 18.9 Å². The zero-order valence-corrected chi connectivity index (χ0v) is 11.9. The molecule has 1 aromatic rings. The van der Waals surface area contributed by atoms with Gasteiger partial charge in [0.1, 0.15) is 0 Å². The molecule has 0 amide bonds. The maximum absolute atomic E-state index is 3.57. The number of nitrogens with one attached hydrogen (secondary N) is 1. The summed E-state index contributed by atoms with van der Waals surface area (Å²) in [4.78, 5) is 4.15. The molecule has 1 fully saturated rings. The van der Waals surface area contributed by atoms with Crippen molar-refractivity contribution in [2.45, 2.75) is 36.0 Å². The van der Waals surface area contributed by atoms with Gasteiger partial charge in [-0.25, -0.2) is 0 Å². The van der Waals surface area contributed by atoms with E-state index in [0.717, 1.165) is 5.25 Å². The van der Waals surface area contributed by atoms with E-state index in [-0.39, 0.29) is 0 Å². The quantitative estimate of drug-likeness (QED) is 0.881. The number of hydrogen-bond donors (Lipinski definition) is 1. The SMILES string of the molecule is CC1CN(CC2Cc3ccccc3S2)CCCN1. The normalized spacial score (nSPS) is 28.9. The summed E-state index contributed by atoms with van der Waals surface area (Å²) in [6.45, 7) is 7.17. The molecule has 0 radical (unpaired) electrons. The van der Waals surface area contributed by atoms with E-state index in [1.807, 2.05) is 0 Å². The molecule has 1 saturated heterocycles. The zero-order valence-electron chi connectivity index (χ0n) is 11.1. The van der Waals surface area contributed by atoms with Gasteiger partial charge < -0.3 is 10.2 Å². The fraction of sp³-hybridized carbons (Fsp3) is 0.600. The van der Waals surface area contributed by atoms with Crippen molar-refractivity contribution in [3.8, 4) is 0 Å². The Morgan fingerprint density at radius 3 is 3.17 bits per heavy atom. The predicted molar refractivity (Wildman–Crippen MR) is 78.3 cm³/mol. The van der Waals surface area contributed by atoms with Gasteiger partial charge in [-0.3, -0.25) is 0 Å². The average Bonchev–Trinajstić information content (AvgIpc) is 2.65. The highest BCUT2D eigenvalue weighted by Gasteiger charge is 2.25. The second-order valence-corrected chi connectivity index (χ2v) is 6.86. The number of fused-ring (bicyclic) bond motifs is 1. The van der Waals surface area contributed by atoms with Gasteiger partial charge in [-0.1, -0.05) is 18.2 Å². The summed E-state index contributed by atoms with van der Waals surface area (Å²) in [5.74, 6) is 0. The van der Waals surface area contributed by atoms with Crippen molar-refractivity contribution < 1.29 is 0 Å². The molecule has 3 heteroatoms. The summed E-state index contributed by atoms with van der Waals surface area (Å²) >= 11 is 2.08. The fourth-order valence-corrected chi connectivity index (χ4v) is 4.37. The highest BCUT2D eigenvalue weighted by molar-refractivity contribution is 8.00. The summed E-state index contributed by atoms with van der Waals surface area (Å²) in [6, 6.07) is 9.52. The lowest BCUT2D eigenvalue weighted by Crippen LogP contribution is -2.38. The van der Waals surface area contributed by atoms with Gasteiger partial charge in [0.2, 0.25) is 0 Å². The maximum atomic E-state index is 3.57. The molecule has 0 spiro atoms. The lowest BCUT2D eigenvalue weighted by molar-refractivity contribution is 0.274.